The molecule has 122 valence electrons. The van der Waals surface area contributed by atoms with Gasteiger partial charge in [-0.1, -0.05) is 0 Å². The Bertz CT molecular complexity index is 826. The standard InChI is InChI=1S/C16H18N2O4S/c1-17(2)23(20,21)14-5-6-15-12(10-14)4-3-8-18(15)16(19)13-7-9-22-11-13/h5-7,9-11H,3-4,8H2,1-2H3. The summed E-state index contributed by atoms with van der Waals surface area (Å²) in [7, 11) is -0.469. The summed E-state index contributed by atoms with van der Waals surface area (Å²) in [6, 6.07) is 6.55. The third-order valence-corrected chi connectivity index (χ3v) is 5.77. The van der Waals surface area contributed by atoms with Crippen molar-refractivity contribution < 1.29 is 17.6 Å². The summed E-state index contributed by atoms with van der Waals surface area (Å²) in [5, 5.41) is 0. The Hall–Kier alpha value is -2.12. The predicted octanol–water partition coefficient (Wildman–Crippen LogP) is 2.12. The molecule has 3 rings (SSSR count). The van der Waals surface area contributed by atoms with E-state index in [1.165, 1.54) is 30.9 Å². The maximum absolute atomic E-state index is 12.6. The molecule has 2 heterocycles. The van der Waals surface area contributed by atoms with E-state index in [2.05, 4.69) is 0 Å². The highest BCUT2D eigenvalue weighted by atomic mass is 32.2. The quantitative estimate of drug-likeness (QED) is 0.862. The normalized spacial score (nSPS) is 14.8. The molecule has 1 aliphatic rings. The summed E-state index contributed by atoms with van der Waals surface area (Å²) in [5.41, 5.74) is 2.12. The molecule has 2 aromatic rings. The van der Waals surface area contributed by atoms with Crippen LogP contribution >= 0.6 is 0 Å². The molecule has 0 saturated heterocycles. The lowest BCUT2D eigenvalue weighted by molar-refractivity contribution is 0.0984. The Morgan fingerprint density at radius 2 is 2.04 bits per heavy atom. The number of carbonyl (C=O) groups excluding carboxylic acids is 1. The van der Waals surface area contributed by atoms with Crippen LogP contribution in [0.15, 0.2) is 46.1 Å². The zero-order valence-electron chi connectivity index (χ0n) is 13.0. The Kier molecular flexibility index (Phi) is 3.99. The molecule has 0 N–H and O–H groups in total. The van der Waals surface area contributed by atoms with Crippen molar-refractivity contribution >= 4 is 21.6 Å². The van der Waals surface area contributed by atoms with Crippen LogP contribution in [0.4, 0.5) is 5.69 Å². The Labute approximate surface area is 135 Å². The summed E-state index contributed by atoms with van der Waals surface area (Å²) < 4.78 is 30.7. The van der Waals surface area contributed by atoms with Gasteiger partial charge < -0.3 is 9.32 Å². The molecule has 0 aliphatic carbocycles. The van der Waals surface area contributed by atoms with E-state index in [4.69, 9.17) is 4.42 Å². The Morgan fingerprint density at radius 3 is 2.70 bits per heavy atom. The summed E-state index contributed by atoms with van der Waals surface area (Å²) in [6.45, 7) is 0.608. The predicted molar refractivity (Wildman–Crippen MR) is 86.0 cm³/mol. The number of hydrogen-bond donors (Lipinski definition) is 0. The third-order valence-electron chi connectivity index (χ3n) is 3.96. The smallest absolute Gasteiger partial charge is 0.261 e. The lowest BCUT2D eigenvalue weighted by Crippen LogP contribution is -2.35. The number of sulfonamides is 1. The lowest BCUT2D eigenvalue weighted by Gasteiger charge is -2.29. The van der Waals surface area contributed by atoms with Crippen molar-refractivity contribution in [1.29, 1.82) is 0 Å². The second kappa shape index (κ2) is 5.82. The second-order valence-electron chi connectivity index (χ2n) is 5.65. The minimum atomic E-state index is -3.48. The van der Waals surface area contributed by atoms with Gasteiger partial charge in [0.1, 0.15) is 6.26 Å². The molecule has 0 saturated carbocycles. The van der Waals surface area contributed by atoms with Crippen molar-refractivity contribution in [3.05, 3.63) is 47.9 Å². The summed E-state index contributed by atoms with van der Waals surface area (Å²) >= 11 is 0. The molecule has 0 bridgehead atoms. The van der Waals surface area contributed by atoms with Gasteiger partial charge in [0.05, 0.1) is 16.7 Å². The first-order chi connectivity index (χ1) is 10.9. The number of rotatable bonds is 3. The van der Waals surface area contributed by atoms with Gasteiger partial charge in [-0.25, -0.2) is 12.7 Å². The van der Waals surface area contributed by atoms with Gasteiger partial charge in [0.2, 0.25) is 10.0 Å². The maximum Gasteiger partial charge on any atom is 0.261 e. The molecule has 7 heteroatoms. The van der Waals surface area contributed by atoms with Crippen LogP contribution in [0.5, 0.6) is 0 Å². The van der Waals surface area contributed by atoms with Crippen LogP contribution in [0, 0.1) is 0 Å². The molecule has 1 aliphatic heterocycles. The van der Waals surface area contributed by atoms with E-state index in [-0.39, 0.29) is 10.8 Å². The van der Waals surface area contributed by atoms with E-state index in [1.807, 2.05) is 0 Å². The van der Waals surface area contributed by atoms with E-state index in [1.54, 1.807) is 29.2 Å². The van der Waals surface area contributed by atoms with Crippen molar-refractivity contribution in [2.75, 3.05) is 25.5 Å². The van der Waals surface area contributed by atoms with Crippen LogP contribution < -0.4 is 4.90 Å². The first-order valence-electron chi connectivity index (χ1n) is 7.31. The maximum atomic E-state index is 12.6. The lowest BCUT2D eigenvalue weighted by atomic mass is 10.0. The minimum absolute atomic E-state index is 0.136. The molecular formula is C16H18N2O4S. The number of anilines is 1. The zero-order valence-corrected chi connectivity index (χ0v) is 13.8. The molecule has 23 heavy (non-hydrogen) atoms. The van der Waals surface area contributed by atoms with Gasteiger partial charge in [-0.15, -0.1) is 0 Å². The minimum Gasteiger partial charge on any atom is -0.472 e. The molecule has 0 unspecified atom stereocenters. The fourth-order valence-electron chi connectivity index (χ4n) is 2.70. The highest BCUT2D eigenvalue weighted by molar-refractivity contribution is 7.89. The third kappa shape index (κ3) is 2.77. The molecule has 6 nitrogen and oxygen atoms in total. The molecule has 0 fully saturated rings. The van der Waals surface area contributed by atoms with Crippen LogP contribution in [0.1, 0.15) is 22.3 Å². The molecular weight excluding hydrogens is 316 g/mol. The van der Waals surface area contributed by atoms with Gasteiger partial charge in [-0.2, -0.15) is 0 Å². The van der Waals surface area contributed by atoms with Gasteiger partial charge in [0.25, 0.3) is 5.91 Å². The van der Waals surface area contributed by atoms with Gasteiger partial charge in [0.15, 0.2) is 0 Å². The van der Waals surface area contributed by atoms with Crippen LogP contribution in [-0.2, 0) is 16.4 Å². The van der Waals surface area contributed by atoms with Crippen molar-refractivity contribution in [2.45, 2.75) is 17.7 Å². The molecule has 0 radical (unpaired) electrons. The van der Waals surface area contributed by atoms with Crippen LogP contribution in [0.2, 0.25) is 0 Å². The first kappa shape index (κ1) is 15.8. The van der Waals surface area contributed by atoms with Crippen molar-refractivity contribution in [3.8, 4) is 0 Å². The Balaban J connectivity index is 2.00. The Morgan fingerprint density at radius 1 is 1.26 bits per heavy atom. The molecule has 1 amide bonds. The summed E-state index contributed by atoms with van der Waals surface area (Å²) in [6.07, 6.45) is 4.43. The highest BCUT2D eigenvalue weighted by Gasteiger charge is 2.26. The summed E-state index contributed by atoms with van der Waals surface area (Å²) in [4.78, 5) is 14.5. The molecule has 1 aromatic heterocycles. The second-order valence-corrected chi connectivity index (χ2v) is 7.80. The number of fused-ring (bicyclic) bond motifs is 1. The average molecular weight is 334 g/mol. The van der Waals surface area contributed by atoms with Crippen molar-refractivity contribution in [3.63, 3.8) is 0 Å². The summed E-state index contributed by atoms with van der Waals surface area (Å²) in [5.74, 6) is -0.136. The van der Waals surface area contributed by atoms with E-state index in [0.29, 0.717) is 12.1 Å². The zero-order chi connectivity index (χ0) is 16.6. The van der Waals surface area contributed by atoms with Crippen LogP contribution in [0.3, 0.4) is 0 Å². The number of hydrogen-bond acceptors (Lipinski definition) is 4. The fourth-order valence-corrected chi connectivity index (χ4v) is 3.65. The fraction of sp³-hybridized carbons (Fsp3) is 0.312. The van der Waals surface area contributed by atoms with Crippen LogP contribution in [0.25, 0.3) is 0 Å². The molecule has 1 aromatic carbocycles. The molecule has 0 spiro atoms. The topological polar surface area (TPSA) is 70.8 Å². The number of nitrogens with zero attached hydrogens (tertiary/aromatic N) is 2. The monoisotopic (exact) mass is 334 g/mol. The van der Waals surface area contributed by atoms with E-state index in [9.17, 15) is 13.2 Å². The number of benzene rings is 1. The largest absolute Gasteiger partial charge is 0.472 e. The molecule has 0 atom stereocenters. The number of carbonyl (C=O) groups is 1. The number of aryl methyl sites for hydroxylation is 1. The number of furan rings is 1. The number of amides is 1. The van der Waals surface area contributed by atoms with Crippen molar-refractivity contribution in [2.24, 2.45) is 0 Å². The van der Waals surface area contributed by atoms with Gasteiger partial charge >= 0.3 is 0 Å². The van der Waals surface area contributed by atoms with Crippen LogP contribution in [-0.4, -0.2) is 39.3 Å². The SMILES string of the molecule is CN(C)S(=O)(=O)c1ccc2c(c1)CCCN2C(=O)c1ccoc1. The van der Waals surface area contributed by atoms with Gasteiger partial charge in [-0.3, -0.25) is 4.79 Å². The van der Waals surface area contributed by atoms with Gasteiger partial charge in [-0.05, 0) is 42.7 Å². The van der Waals surface area contributed by atoms with Crippen molar-refractivity contribution in [1.82, 2.24) is 4.31 Å². The van der Waals surface area contributed by atoms with E-state index >= 15 is 0 Å². The van der Waals surface area contributed by atoms with E-state index < -0.39 is 10.0 Å². The average Bonchev–Trinajstić information content (AvgIpc) is 3.07. The van der Waals surface area contributed by atoms with E-state index in [0.717, 1.165) is 24.1 Å². The van der Waals surface area contributed by atoms with Gasteiger partial charge in [0, 0.05) is 26.3 Å². The highest BCUT2D eigenvalue weighted by Crippen LogP contribution is 2.31. The first-order valence-corrected chi connectivity index (χ1v) is 8.75.